The molecule has 1 rings (SSSR count). The maximum Gasteiger partial charge on any atom is 0.237 e. The van der Waals surface area contributed by atoms with Gasteiger partial charge in [0.1, 0.15) is 0 Å². The minimum Gasteiger partial charge on any atom is -0.368 e. The number of nitrogens with two attached hydrogens (primary N) is 2. The van der Waals surface area contributed by atoms with E-state index in [4.69, 9.17) is 11.5 Å². The lowest BCUT2D eigenvalue weighted by molar-refractivity contribution is -0.125. The highest BCUT2D eigenvalue weighted by molar-refractivity contribution is 5.86. The zero-order valence-electron chi connectivity index (χ0n) is 8.08. The summed E-state index contributed by atoms with van der Waals surface area (Å²) in [6.07, 6.45) is 1.06. The first-order valence-electron chi connectivity index (χ1n) is 4.30. The summed E-state index contributed by atoms with van der Waals surface area (Å²) in [6.45, 7) is 2.22. The average molecular weight is 222 g/mol. The molecule has 14 heavy (non-hydrogen) atoms. The first-order valence-corrected chi connectivity index (χ1v) is 4.30. The van der Waals surface area contributed by atoms with Gasteiger partial charge in [-0.2, -0.15) is 0 Å². The Bertz CT molecular complexity index is 243. The molecule has 0 spiro atoms. The predicted molar refractivity (Wildman–Crippen MR) is 54.8 cm³/mol. The van der Waals surface area contributed by atoms with Gasteiger partial charge in [0.2, 0.25) is 11.8 Å². The van der Waals surface area contributed by atoms with Crippen LogP contribution in [0.15, 0.2) is 0 Å². The topological polar surface area (TPSA) is 98.2 Å². The van der Waals surface area contributed by atoms with Crippen molar-refractivity contribution in [2.75, 3.05) is 6.54 Å². The lowest BCUT2D eigenvalue weighted by Gasteiger charge is -2.22. The number of carbonyl (C=O) groups excluding carboxylic acids is 2. The van der Waals surface area contributed by atoms with E-state index in [-0.39, 0.29) is 24.2 Å². The second-order valence-electron chi connectivity index (χ2n) is 3.76. The van der Waals surface area contributed by atoms with Gasteiger partial charge in [0.15, 0.2) is 0 Å². The average Bonchev–Trinajstić information content (AvgIpc) is 2.35. The molecule has 0 aliphatic carbocycles. The van der Waals surface area contributed by atoms with Gasteiger partial charge < -0.3 is 16.8 Å². The van der Waals surface area contributed by atoms with E-state index in [0.717, 1.165) is 6.42 Å². The highest BCUT2D eigenvalue weighted by Gasteiger charge is 2.34. The Balaban J connectivity index is 0.00000169. The molecule has 0 radical (unpaired) electrons. The van der Waals surface area contributed by atoms with Crippen molar-refractivity contribution in [2.45, 2.75) is 25.3 Å². The second-order valence-corrected chi connectivity index (χ2v) is 3.76. The number of halogens is 1. The van der Waals surface area contributed by atoms with Crippen molar-refractivity contribution < 1.29 is 9.59 Å². The van der Waals surface area contributed by atoms with Crippen LogP contribution in [0.1, 0.15) is 19.8 Å². The Morgan fingerprint density at radius 2 is 2.29 bits per heavy atom. The molecule has 1 saturated heterocycles. The van der Waals surface area contributed by atoms with Crippen LogP contribution in [0.3, 0.4) is 0 Å². The third-order valence-corrected chi connectivity index (χ3v) is 2.40. The molecule has 6 heteroatoms. The summed E-state index contributed by atoms with van der Waals surface area (Å²) in [5, 5.41) is 2.68. The summed E-state index contributed by atoms with van der Waals surface area (Å²) in [5.74, 6) is -0.757. The standard InChI is InChI=1S/C8H15N3O2.ClH/c1-8(10,7(9)13)4-5-2-3-11-6(5)12;/h5H,2-4,10H2,1H3,(H2,9,13)(H,11,12);1H/t5-,8-;/m0./s1. The van der Waals surface area contributed by atoms with Gasteiger partial charge in [0, 0.05) is 12.5 Å². The van der Waals surface area contributed by atoms with E-state index < -0.39 is 11.4 Å². The zero-order chi connectivity index (χ0) is 10.1. The van der Waals surface area contributed by atoms with Gasteiger partial charge in [0.05, 0.1) is 5.54 Å². The maximum atomic E-state index is 11.2. The number of hydrogen-bond acceptors (Lipinski definition) is 3. The molecule has 2 amide bonds. The van der Waals surface area contributed by atoms with Crippen LogP contribution < -0.4 is 16.8 Å². The monoisotopic (exact) mass is 221 g/mol. The fourth-order valence-corrected chi connectivity index (χ4v) is 1.45. The van der Waals surface area contributed by atoms with Gasteiger partial charge in [-0.15, -0.1) is 12.4 Å². The molecule has 2 atom stereocenters. The SMILES string of the molecule is C[C@](N)(C[C@@H]1CCNC1=O)C(N)=O.Cl. The van der Waals surface area contributed by atoms with Crippen molar-refractivity contribution in [2.24, 2.45) is 17.4 Å². The Morgan fingerprint density at radius 3 is 2.64 bits per heavy atom. The third kappa shape index (κ3) is 2.85. The van der Waals surface area contributed by atoms with E-state index in [9.17, 15) is 9.59 Å². The quantitative estimate of drug-likeness (QED) is 0.578. The number of primary amides is 1. The van der Waals surface area contributed by atoms with E-state index in [1.54, 1.807) is 6.92 Å². The summed E-state index contributed by atoms with van der Waals surface area (Å²) in [5.41, 5.74) is 9.67. The maximum absolute atomic E-state index is 11.2. The van der Waals surface area contributed by atoms with Gasteiger partial charge in [0.25, 0.3) is 0 Å². The number of hydrogen-bond donors (Lipinski definition) is 3. The lowest BCUT2D eigenvalue weighted by atomic mass is 9.88. The first-order chi connectivity index (χ1) is 5.93. The van der Waals surface area contributed by atoms with Crippen LogP contribution in [-0.4, -0.2) is 23.9 Å². The predicted octanol–water partition coefficient (Wildman–Crippen LogP) is -0.863. The molecule has 5 nitrogen and oxygen atoms in total. The lowest BCUT2D eigenvalue weighted by Crippen LogP contribution is -2.51. The normalized spacial score (nSPS) is 24.7. The molecule has 1 aliphatic heterocycles. The van der Waals surface area contributed by atoms with E-state index in [1.165, 1.54) is 0 Å². The summed E-state index contributed by atoms with van der Waals surface area (Å²) < 4.78 is 0. The summed E-state index contributed by atoms with van der Waals surface area (Å²) >= 11 is 0. The molecule has 0 bridgehead atoms. The Labute approximate surface area is 89.0 Å². The molecule has 1 heterocycles. The van der Waals surface area contributed by atoms with Gasteiger partial charge in [-0.1, -0.05) is 0 Å². The molecule has 0 aromatic rings. The number of rotatable bonds is 3. The van der Waals surface area contributed by atoms with Crippen molar-refractivity contribution in [1.82, 2.24) is 5.32 Å². The fraction of sp³-hybridized carbons (Fsp3) is 0.750. The number of carbonyl (C=O) groups is 2. The molecular formula is C8H16ClN3O2. The smallest absolute Gasteiger partial charge is 0.237 e. The summed E-state index contributed by atoms with van der Waals surface area (Å²) in [4.78, 5) is 22.0. The van der Waals surface area contributed by atoms with Crippen molar-refractivity contribution in [3.63, 3.8) is 0 Å². The molecule has 82 valence electrons. The van der Waals surface area contributed by atoms with Crippen molar-refractivity contribution in [3.8, 4) is 0 Å². The molecule has 1 fully saturated rings. The molecule has 5 N–H and O–H groups in total. The van der Waals surface area contributed by atoms with Gasteiger partial charge in [-0.25, -0.2) is 0 Å². The van der Waals surface area contributed by atoms with Crippen LogP contribution in [0.5, 0.6) is 0 Å². The van der Waals surface area contributed by atoms with Crippen molar-refractivity contribution in [3.05, 3.63) is 0 Å². The molecule has 0 saturated carbocycles. The Morgan fingerprint density at radius 1 is 1.71 bits per heavy atom. The van der Waals surface area contributed by atoms with Crippen LogP contribution in [0.2, 0.25) is 0 Å². The third-order valence-electron chi connectivity index (χ3n) is 2.40. The van der Waals surface area contributed by atoms with Crippen LogP contribution >= 0.6 is 12.4 Å². The van der Waals surface area contributed by atoms with E-state index in [2.05, 4.69) is 5.32 Å². The van der Waals surface area contributed by atoms with Gasteiger partial charge in [-0.05, 0) is 19.8 Å². The molecule has 1 aliphatic rings. The second kappa shape index (κ2) is 4.61. The largest absolute Gasteiger partial charge is 0.368 e. The fourth-order valence-electron chi connectivity index (χ4n) is 1.45. The van der Waals surface area contributed by atoms with Gasteiger partial charge in [-0.3, -0.25) is 9.59 Å². The highest BCUT2D eigenvalue weighted by Crippen LogP contribution is 2.20. The van der Waals surface area contributed by atoms with Gasteiger partial charge >= 0.3 is 0 Å². The molecule has 0 unspecified atom stereocenters. The molecule has 0 aromatic heterocycles. The van der Waals surface area contributed by atoms with Crippen LogP contribution in [0.25, 0.3) is 0 Å². The van der Waals surface area contributed by atoms with Crippen molar-refractivity contribution in [1.29, 1.82) is 0 Å². The van der Waals surface area contributed by atoms with Crippen LogP contribution in [-0.2, 0) is 9.59 Å². The minimum atomic E-state index is -1.08. The minimum absolute atomic E-state index is 0. The highest BCUT2D eigenvalue weighted by atomic mass is 35.5. The first kappa shape index (κ1) is 13.2. The molecular weight excluding hydrogens is 206 g/mol. The van der Waals surface area contributed by atoms with Crippen LogP contribution in [0.4, 0.5) is 0 Å². The summed E-state index contributed by atoms with van der Waals surface area (Å²) in [7, 11) is 0. The van der Waals surface area contributed by atoms with Crippen LogP contribution in [0, 0.1) is 5.92 Å². The molecule has 0 aromatic carbocycles. The summed E-state index contributed by atoms with van der Waals surface area (Å²) in [6, 6.07) is 0. The number of amides is 2. The zero-order valence-corrected chi connectivity index (χ0v) is 8.89. The number of nitrogens with one attached hydrogen (secondary N) is 1. The van der Waals surface area contributed by atoms with E-state index in [1.807, 2.05) is 0 Å². The Kier molecular flexibility index (Phi) is 4.35. The van der Waals surface area contributed by atoms with E-state index >= 15 is 0 Å². The van der Waals surface area contributed by atoms with Crippen molar-refractivity contribution >= 4 is 24.2 Å². The van der Waals surface area contributed by atoms with E-state index in [0.29, 0.717) is 13.0 Å². The Hall–Kier alpha value is -0.810.